The average Bonchev–Trinajstić information content (AvgIpc) is 3.93. The minimum atomic E-state index is 0.654. The van der Waals surface area contributed by atoms with Gasteiger partial charge in [0.1, 0.15) is 0 Å². The monoisotopic (exact) mass is 751 g/mol. The second-order valence-corrected chi connectivity index (χ2v) is 15.3. The summed E-state index contributed by atoms with van der Waals surface area (Å²) in [5, 5.41) is 11.8. The standard InChI is InChI=1S/C54H33N5/c1-2-7-18-36-20-15-21-37(19-8-3-1)58-46-32-28-34-29-33-47-49(48(34)50(46)42-31-30-39-38-22-10-13-26-44(38)57(36)52(39)53(42)58)41-24-11-14-27-45(41)59(47)54-55-43-25-12-9-23-40(43)51(56-54)35-16-5-4-6-17-35/h1-33H. The second-order valence-electron chi connectivity index (χ2n) is 15.3. The number of aromatic nitrogens is 5. The molecule has 5 heterocycles. The highest BCUT2D eigenvalue weighted by Crippen LogP contribution is 2.45. The number of rotatable bonds is 2. The van der Waals surface area contributed by atoms with Crippen molar-refractivity contribution in [3.05, 3.63) is 199 Å². The number of nitrogens with zero attached hydrogens (tertiary/aromatic N) is 5. The molecular formula is C54H33N5. The lowest BCUT2D eigenvalue weighted by molar-refractivity contribution is 1.01. The molecule has 0 saturated carbocycles. The topological polar surface area (TPSA) is 39.5 Å². The molecule has 5 nitrogen and oxygen atoms in total. The first-order valence-corrected chi connectivity index (χ1v) is 20.1. The van der Waals surface area contributed by atoms with Gasteiger partial charge in [-0.2, -0.15) is 0 Å². The molecule has 274 valence electrons. The van der Waals surface area contributed by atoms with E-state index in [-0.39, 0.29) is 0 Å². The Labute approximate surface area is 337 Å². The van der Waals surface area contributed by atoms with Crippen LogP contribution in [0.2, 0.25) is 0 Å². The predicted octanol–water partition coefficient (Wildman–Crippen LogP) is 12.7. The summed E-state index contributed by atoms with van der Waals surface area (Å²) in [4.78, 5) is 10.7. The van der Waals surface area contributed by atoms with Crippen molar-refractivity contribution in [2.24, 2.45) is 0 Å². The Hall–Kier alpha value is -8.02. The first-order chi connectivity index (χ1) is 29.3. The van der Waals surface area contributed by atoms with Gasteiger partial charge in [-0.25, -0.2) is 9.97 Å². The van der Waals surface area contributed by atoms with Crippen LogP contribution >= 0.6 is 0 Å². The smallest absolute Gasteiger partial charge is 0.235 e. The van der Waals surface area contributed by atoms with Crippen molar-refractivity contribution < 1.29 is 0 Å². The van der Waals surface area contributed by atoms with E-state index in [1.54, 1.807) is 0 Å². The van der Waals surface area contributed by atoms with E-state index in [0.717, 1.165) is 49.8 Å². The van der Waals surface area contributed by atoms with Gasteiger partial charge in [-0.05, 0) is 60.0 Å². The van der Waals surface area contributed by atoms with Crippen molar-refractivity contribution in [3.8, 4) is 17.2 Å². The van der Waals surface area contributed by atoms with Gasteiger partial charge < -0.3 is 8.80 Å². The molecule has 1 aliphatic carbocycles. The summed E-state index contributed by atoms with van der Waals surface area (Å²) in [5.74, 6) is 0.654. The van der Waals surface area contributed by atoms with Crippen LogP contribution in [0.5, 0.6) is 0 Å². The first kappa shape index (κ1) is 32.1. The summed E-state index contributed by atoms with van der Waals surface area (Å²) in [7, 11) is 0. The van der Waals surface area contributed by atoms with Crippen LogP contribution in [0.1, 0.15) is 5.69 Å². The van der Waals surface area contributed by atoms with Gasteiger partial charge >= 0.3 is 0 Å². The maximum absolute atomic E-state index is 5.39. The van der Waals surface area contributed by atoms with Crippen molar-refractivity contribution in [3.63, 3.8) is 0 Å². The molecule has 0 amide bonds. The molecule has 12 aromatic rings. The van der Waals surface area contributed by atoms with E-state index in [1.165, 1.54) is 59.6 Å². The molecular weight excluding hydrogens is 719 g/mol. The fourth-order valence-corrected chi connectivity index (χ4v) is 9.80. The molecule has 0 N–H and O–H groups in total. The van der Waals surface area contributed by atoms with Crippen LogP contribution in [0.4, 0.5) is 0 Å². The zero-order valence-corrected chi connectivity index (χ0v) is 31.8. The highest BCUT2D eigenvalue weighted by Gasteiger charge is 2.23. The molecule has 0 unspecified atom stereocenters. The van der Waals surface area contributed by atoms with Crippen molar-refractivity contribution in [2.75, 3.05) is 0 Å². The lowest BCUT2D eigenvalue weighted by atomic mass is 9.98. The first-order valence-electron chi connectivity index (χ1n) is 20.1. The predicted molar refractivity (Wildman–Crippen MR) is 247 cm³/mol. The van der Waals surface area contributed by atoms with Crippen molar-refractivity contribution in [1.29, 1.82) is 0 Å². The Kier molecular flexibility index (Phi) is 6.66. The number of allylic oxidation sites excluding steroid dienone is 5. The van der Waals surface area contributed by atoms with Gasteiger partial charge in [0.15, 0.2) is 0 Å². The van der Waals surface area contributed by atoms with E-state index in [1.807, 2.05) is 6.07 Å². The quantitative estimate of drug-likeness (QED) is 0.176. The Balaban J connectivity index is 1.25. The number of benzene rings is 7. The number of fused-ring (bicyclic) bond motifs is 19. The van der Waals surface area contributed by atoms with Gasteiger partial charge in [0.25, 0.3) is 0 Å². The molecule has 59 heavy (non-hydrogen) atoms. The summed E-state index contributed by atoms with van der Waals surface area (Å²) in [5.41, 5.74) is 10.9. The molecule has 5 aromatic heterocycles. The summed E-state index contributed by atoms with van der Waals surface area (Å²) in [6.45, 7) is 0. The SMILES string of the molecule is C1=CC=Cc2cccc(n3c4ccc5ccc6c(c7ccccc7n6-c6nc(-c7ccccc7)c7ccccc7n6)c5c4c4ccc5c6ccccc6n2c5c43)=CC=C1. The third kappa shape index (κ3) is 4.50. The highest BCUT2D eigenvalue weighted by atomic mass is 15.2. The molecule has 2 bridgehead atoms. The van der Waals surface area contributed by atoms with Crippen molar-refractivity contribution in [2.45, 2.75) is 0 Å². The van der Waals surface area contributed by atoms with Gasteiger partial charge in [0.2, 0.25) is 5.95 Å². The van der Waals surface area contributed by atoms with Crippen LogP contribution < -0.4 is 5.35 Å². The molecule has 0 spiro atoms. The van der Waals surface area contributed by atoms with Crippen LogP contribution in [-0.2, 0) is 0 Å². The average molecular weight is 752 g/mol. The zero-order chi connectivity index (χ0) is 38.6. The highest BCUT2D eigenvalue weighted by molar-refractivity contribution is 6.35. The maximum Gasteiger partial charge on any atom is 0.235 e. The molecule has 5 heteroatoms. The third-order valence-corrected chi connectivity index (χ3v) is 12.2. The molecule has 0 saturated heterocycles. The van der Waals surface area contributed by atoms with Crippen LogP contribution in [0.15, 0.2) is 188 Å². The Morgan fingerprint density at radius 2 is 1.08 bits per heavy atom. The Morgan fingerprint density at radius 1 is 0.390 bits per heavy atom. The number of hydrogen-bond acceptors (Lipinski definition) is 2. The fourth-order valence-electron chi connectivity index (χ4n) is 9.80. The van der Waals surface area contributed by atoms with E-state index >= 15 is 0 Å². The minimum Gasteiger partial charge on any atom is -0.307 e. The second kappa shape index (κ2) is 12.2. The lowest BCUT2D eigenvalue weighted by Gasteiger charge is -2.12. The molecule has 1 aliphatic rings. The van der Waals surface area contributed by atoms with Crippen molar-refractivity contribution in [1.82, 2.24) is 23.3 Å². The Bertz CT molecular complexity index is 3950. The molecule has 13 rings (SSSR count). The summed E-state index contributed by atoms with van der Waals surface area (Å²) in [6, 6.07) is 56.8. The van der Waals surface area contributed by atoms with E-state index < -0.39 is 0 Å². The summed E-state index contributed by atoms with van der Waals surface area (Å²) >= 11 is 0. The molecule has 0 atom stereocenters. The van der Waals surface area contributed by atoms with Crippen LogP contribution in [-0.4, -0.2) is 23.3 Å². The van der Waals surface area contributed by atoms with Crippen LogP contribution in [0.25, 0.3) is 116 Å². The molecule has 0 radical (unpaired) electrons. The van der Waals surface area contributed by atoms with Gasteiger partial charge in [0.05, 0.1) is 44.3 Å². The zero-order valence-electron chi connectivity index (χ0n) is 31.8. The van der Waals surface area contributed by atoms with Gasteiger partial charge in [-0.15, -0.1) is 0 Å². The molecule has 0 fully saturated rings. The molecule has 0 aliphatic heterocycles. The maximum atomic E-state index is 5.39. The Morgan fingerprint density at radius 3 is 1.98 bits per heavy atom. The number of para-hydroxylation sites is 3. The third-order valence-electron chi connectivity index (χ3n) is 12.2. The molecule has 7 aromatic carbocycles. The van der Waals surface area contributed by atoms with Gasteiger partial charge in [-0.3, -0.25) is 4.57 Å². The fraction of sp³-hybridized carbons (Fsp3) is 0. The lowest BCUT2D eigenvalue weighted by Crippen LogP contribution is -2.10. The van der Waals surface area contributed by atoms with Crippen molar-refractivity contribution >= 4 is 99.2 Å². The van der Waals surface area contributed by atoms with Gasteiger partial charge in [-0.1, -0.05) is 146 Å². The van der Waals surface area contributed by atoms with E-state index in [4.69, 9.17) is 9.97 Å². The van der Waals surface area contributed by atoms with E-state index in [0.29, 0.717) is 5.95 Å². The van der Waals surface area contributed by atoms with Gasteiger partial charge in [0, 0.05) is 59.7 Å². The summed E-state index contributed by atoms with van der Waals surface area (Å²) in [6.07, 6.45) is 15.0. The summed E-state index contributed by atoms with van der Waals surface area (Å²) < 4.78 is 7.21. The minimum absolute atomic E-state index is 0.654. The largest absolute Gasteiger partial charge is 0.307 e. The van der Waals surface area contributed by atoms with E-state index in [2.05, 4.69) is 208 Å². The van der Waals surface area contributed by atoms with E-state index in [9.17, 15) is 0 Å². The van der Waals surface area contributed by atoms with Crippen LogP contribution in [0.3, 0.4) is 0 Å². The number of hydrogen-bond donors (Lipinski definition) is 0. The normalized spacial score (nSPS) is 13.0. The van der Waals surface area contributed by atoms with Crippen LogP contribution in [0, 0.1) is 0 Å².